The van der Waals surface area contributed by atoms with E-state index in [0.29, 0.717) is 11.1 Å². The van der Waals surface area contributed by atoms with Gasteiger partial charge in [-0.05, 0) is 37.6 Å². The van der Waals surface area contributed by atoms with Gasteiger partial charge in [0.1, 0.15) is 0 Å². The van der Waals surface area contributed by atoms with Crippen LogP contribution in [-0.4, -0.2) is 33.0 Å². The summed E-state index contributed by atoms with van der Waals surface area (Å²) in [6.45, 7) is 6.63. The van der Waals surface area contributed by atoms with Crippen LogP contribution in [0.5, 0.6) is 0 Å². The average Bonchev–Trinajstić information content (AvgIpc) is 2.65. The topological polar surface area (TPSA) is 107 Å². The molecule has 0 aliphatic rings. The largest absolute Gasteiger partial charge is 0.465 e. The van der Waals surface area contributed by atoms with Crippen LogP contribution >= 0.6 is 0 Å². The van der Waals surface area contributed by atoms with Gasteiger partial charge in [0.2, 0.25) is 0 Å². The normalized spacial score (nSPS) is 11.0. The first-order valence-electron chi connectivity index (χ1n) is 8.21. The van der Waals surface area contributed by atoms with Crippen LogP contribution in [-0.2, 0) is 14.8 Å². The van der Waals surface area contributed by atoms with E-state index in [1.807, 2.05) is 0 Å². The first-order chi connectivity index (χ1) is 13.1. The molecule has 0 N–H and O–H groups in total. The lowest BCUT2D eigenvalue weighted by Crippen LogP contribution is -2.32. The molecule has 8 nitrogen and oxygen atoms in total. The van der Waals surface area contributed by atoms with Crippen molar-refractivity contribution in [2.24, 2.45) is 0 Å². The minimum Gasteiger partial charge on any atom is -0.465 e. The van der Waals surface area contributed by atoms with Gasteiger partial charge in [0.25, 0.3) is 15.7 Å². The first-order valence-corrected chi connectivity index (χ1v) is 9.65. The van der Waals surface area contributed by atoms with E-state index < -0.39 is 20.9 Å². The first kappa shape index (κ1) is 21.1. The molecule has 0 aliphatic carbocycles. The highest BCUT2D eigenvalue weighted by molar-refractivity contribution is 7.92. The van der Waals surface area contributed by atoms with E-state index in [4.69, 9.17) is 4.74 Å². The summed E-state index contributed by atoms with van der Waals surface area (Å²) in [7, 11) is -2.92. The molecule has 2 aromatic carbocycles. The molecular weight excluding hydrogens is 384 g/mol. The number of nitrogens with zero attached hydrogens (tertiary/aromatic N) is 2. The van der Waals surface area contributed by atoms with Crippen molar-refractivity contribution in [2.45, 2.75) is 18.7 Å². The van der Waals surface area contributed by atoms with Crippen molar-refractivity contribution in [3.8, 4) is 0 Å². The Morgan fingerprint density at radius 1 is 1.29 bits per heavy atom. The van der Waals surface area contributed by atoms with Crippen molar-refractivity contribution >= 4 is 27.4 Å². The number of sulfonamides is 1. The van der Waals surface area contributed by atoms with Gasteiger partial charge in [0.15, 0.2) is 0 Å². The summed E-state index contributed by atoms with van der Waals surface area (Å²) in [6, 6.07) is 8.34. The number of hydrogen-bond donors (Lipinski definition) is 0. The van der Waals surface area contributed by atoms with Crippen molar-refractivity contribution in [2.75, 3.05) is 18.0 Å². The van der Waals surface area contributed by atoms with Crippen LogP contribution in [0.15, 0.2) is 53.9 Å². The zero-order valence-corrected chi connectivity index (χ0v) is 16.5. The molecule has 2 rings (SSSR count). The predicted octanol–water partition coefficient (Wildman–Crippen LogP) is 3.38. The van der Waals surface area contributed by atoms with Gasteiger partial charge in [0.05, 0.1) is 34.7 Å². The molecule has 0 amide bonds. The zero-order valence-electron chi connectivity index (χ0n) is 15.7. The molecule has 9 heteroatoms. The number of benzene rings is 2. The molecule has 0 aromatic heterocycles. The summed E-state index contributed by atoms with van der Waals surface area (Å²) in [5, 5.41) is 11.2. The Labute approximate surface area is 163 Å². The van der Waals surface area contributed by atoms with Crippen molar-refractivity contribution in [1.29, 1.82) is 0 Å². The number of anilines is 1. The minimum atomic E-state index is -4.16. The molecule has 0 unspecified atom stereocenters. The van der Waals surface area contributed by atoms with Crippen molar-refractivity contribution in [3.63, 3.8) is 0 Å². The molecule has 0 fully saturated rings. The summed E-state index contributed by atoms with van der Waals surface area (Å²) in [4.78, 5) is 22.3. The van der Waals surface area contributed by atoms with Crippen LogP contribution in [0.2, 0.25) is 0 Å². The van der Waals surface area contributed by atoms with Crippen molar-refractivity contribution < 1.29 is 22.9 Å². The molecule has 0 atom stereocenters. The van der Waals surface area contributed by atoms with Gasteiger partial charge in [-0.25, -0.2) is 13.2 Å². The number of nitro groups is 1. The molecule has 0 radical (unpaired) electrons. The van der Waals surface area contributed by atoms with Gasteiger partial charge >= 0.3 is 5.97 Å². The quantitative estimate of drug-likeness (QED) is 0.303. The average molecular weight is 404 g/mol. The Kier molecular flexibility index (Phi) is 6.19. The molecule has 0 aliphatic heterocycles. The minimum absolute atomic E-state index is 0.0878. The number of carbonyl (C=O) groups excluding carboxylic acids is 1. The molecule has 2 aromatic rings. The van der Waals surface area contributed by atoms with Crippen LogP contribution in [0, 0.1) is 24.0 Å². The number of nitro benzene ring substituents is 1. The number of ether oxygens (including phenoxy) is 1. The van der Waals surface area contributed by atoms with E-state index in [2.05, 4.69) is 6.58 Å². The molecule has 28 heavy (non-hydrogen) atoms. The van der Waals surface area contributed by atoms with E-state index in [1.54, 1.807) is 13.0 Å². The molecule has 0 bridgehead atoms. The van der Waals surface area contributed by atoms with Crippen LogP contribution in [0.3, 0.4) is 0 Å². The van der Waals surface area contributed by atoms with E-state index in [0.717, 1.165) is 10.4 Å². The van der Waals surface area contributed by atoms with Gasteiger partial charge < -0.3 is 4.74 Å². The van der Waals surface area contributed by atoms with Gasteiger partial charge in [-0.2, -0.15) is 0 Å². The molecule has 148 valence electrons. The number of esters is 1. The fourth-order valence-corrected chi connectivity index (χ4v) is 4.25. The Morgan fingerprint density at radius 2 is 1.96 bits per heavy atom. The maximum atomic E-state index is 13.3. The molecular formula is C19H20N2O6S. The second-order valence-corrected chi connectivity index (χ2v) is 7.83. The van der Waals surface area contributed by atoms with Crippen LogP contribution in [0.25, 0.3) is 0 Å². The predicted molar refractivity (Wildman–Crippen MR) is 105 cm³/mol. The highest BCUT2D eigenvalue weighted by atomic mass is 32.2. The lowest BCUT2D eigenvalue weighted by molar-refractivity contribution is -0.385. The van der Waals surface area contributed by atoms with Gasteiger partial charge in [-0.1, -0.05) is 18.2 Å². The maximum absolute atomic E-state index is 13.3. The summed E-state index contributed by atoms with van der Waals surface area (Å²) in [5.74, 6) is -0.596. The molecule has 0 spiro atoms. The summed E-state index contributed by atoms with van der Waals surface area (Å²) in [6.07, 6.45) is 1.39. The molecule has 0 saturated carbocycles. The maximum Gasteiger partial charge on any atom is 0.338 e. The zero-order chi connectivity index (χ0) is 21.1. The lowest BCUT2D eigenvalue weighted by atomic mass is 10.1. The third-order valence-electron chi connectivity index (χ3n) is 4.24. The number of carbonyl (C=O) groups is 1. The molecule has 0 heterocycles. The fraction of sp³-hybridized carbons (Fsp3) is 0.211. The third kappa shape index (κ3) is 3.89. The lowest BCUT2D eigenvalue weighted by Gasteiger charge is -2.25. The summed E-state index contributed by atoms with van der Waals surface area (Å²) in [5.41, 5.74) is 0.939. The van der Waals surface area contributed by atoms with E-state index >= 15 is 0 Å². The second-order valence-electron chi connectivity index (χ2n) is 5.97. The van der Waals surface area contributed by atoms with Crippen LogP contribution in [0.4, 0.5) is 11.4 Å². The monoisotopic (exact) mass is 404 g/mol. The van der Waals surface area contributed by atoms with Crippen LogP contribution < -0.4 is 4.31 Å². The summed E-state index contributed by atoms with van der Waals surface area (Å²) >= 11 is 0. The Hall–Kier alpha value is -3.20. The van der Waals surface area contributed by atoms with Crippen molar-refractivity contribution in [3.05, 3.63) is 75.9 Å². The van der Waals surface area contributed by atoms with Crippen molar-refractivity contribution in [1.82, 2.24) is 0 Å². The van der Waals surface area contributed by atoms with Gasteiger partial charge in [-0.15, -0.1) is 6.58 Å². The highest BCUT2D eigenvalue weighted by Gasteiger charge is 2.28. The number of hydrogen-bond acceptors (Lipinski definition) is 6. The van der Waals surface area contributed by atoms with E-state index in [1.165, 1.54) is 44.4 Å². The second kappa shape index (κ2) is 8.22. The Balaban J connectivity index is 2.67. The van der Waals surface area contributed by atoms with E-state index in [9.17, 15) is 23.3 Å². The third-order valence-corrected chi connectivity index (χ3v) is 6.02. The summed E-state index contributed by atoms with van der Waals surface area (Å²) < 4.78 is 32.3. The number of methoxy groups -OCH3 is 1. The smallest absolute Gasteiger partial charge is 0.338 e. The van der Waals surface area contributed by atoms with E-state index in [-0.39, 0.29) is 28.4 Å². The highest BCUT2D eigenvalue weighted by Crippen LogP contribution is 2.31. The standard InChI is InChI=1S/C19H20N2O6S/c1-5-11-20(17-8-6-7-16(14(17)3)19(22)27-4)28(25,26)15-10-9-13(2)18(12-15)21(23)24/h5-10,12H,1,11H2,2-4H3. The molecule has 0 saturated heterocycles. The van der Waals surface area contributed by atoms with Gasteiger partial charge in [-0.3, -0.25) is 14.4 Å². The SMILES string of the molecule is C=CCN(c1cccc(C(=O)OC)c1C)S(=O)(=O)c1ccc(C)c([N+](=O)[O-])c1. The Morgan fingerprint density at radius 3 is 2.54 bits per heavy atom. The number of aryl methyl sites for hydroxylation is 1. The van der Waals surface area contributed by atoms with Crippen LogP contribution in [0.1, 0.15) is 21.5 Å². The number of rotatable bonds is 7. The van der Waals surface area contributed by atoms with Gasteiger partial charge in [0, 0.05) is 11.6 Å². The fourth-order valence-electron chi connectivity index (χ4n) is 2.74. The Bertz CT molecular complexity index is 1050.